The normalized spacial score (nSPS) is 13.0. The average molecular weight is 296 g/mol. The first-order chi connectivity index (χ1) is 10.1. The Hall–Kier alpha value is -2.64. The Balaban J connectivity index is 2.42. The monoisotopic (exact) mass is 296 g/mol. The first-order valence-corrected chi connectivity index (χ1v) is 5.88. The summed E-state index contributed by atoms with van der Waals surface area (Å²) in [6.07, 6.45) is 1.60. The van der Waals surface area contributed by atoms with E-state index in [0.717, 1.165) is 35.5 Å². The minimum absolute atomic E-state index is 0.00941. The van der Waals surface area contributed by atoms with Gasteiger partial charge in [0.2, 0.25) is 6.30 Å². The van der Waals surface area contributed by atoms with Gasteiger partial charge in [-0.3, -0.25) is 0 Å². The molecule has 1 aromatic heterocycles. The van der Waals surface area contributed by atoms with Gasteiger partial charge in [-0.1, -0.05) is 17.8 Å². The summed E-state index contributed by atoms with van der Waals surface area (Å²) in [7, 11) is 0. The van der Waals surface area contributed by atoms with E-state index in [1.165, 1.54) is 6.08 Å². The third-order valence-electron chi connectivity index (χ3n) is 2.45. The van der Waals surface area contributed by atoms with Crippen LogP contribution in [0.3, 0.4) is 0 Å². The Bertz CT molecular complexity index is 643. The molecule has 2 rings (SSSR count). The first kappa shape index (κ1) is 14.8. The number of halogens is 3. The molecule has 0 amide bonds. The van der Waals surface area contributed by atoms with Crippen LogP contribution in [-0.4, -0.2) is 27.1 Å². The number of nitrogens with zero attached hydrogens (tertiary/aromatic N) is 4. The number of hydrogen-bond donors (Lipinski definition) is 0. The smallest absolute Gasteiger partial charge is 0.239 e. The summed E-state index contributed by atoms with van der Waals surface area (Å²) in [5, 5.41) is 7.12. The molecule has 110 valence electrons. The summed E-state index contributed by atoms with van der Waals surface area (Å²) < 4.78 is 42.3. The lowest BCUT2D eigenvalue weighted by Crippen LogP contribution is -2.19. The molecule has 5 nitrogen and oxygen atoms in total. The Morgan fingerprint density at radius 3 is 2.95 bits per heavy atom. The van der Waals surface area contributed by atoms with E-state index < -0.39 is 23.6 Å². The quantitative estimate of drug-likeness (QED) is 0.356. The molecule has 0 saturated heterocycles. The Morgan fingerprint density at radius 1 is 1.48 bits per heavy atom. The van der Waals surface area contributed by atoms with Gasteiger partial charge in [-0.15, -0.1) is 0 Å². The molecule has 0 saturated carbocycles. The fourth-order valence-electron chi connectivity index (χ4n) is 1.53. The maximum atomic E-state index is 14.4. The molecule has 0 bridgehead atoms. The zero-order valence-corrected chi connectivity index (χ0v) is 10.8. The van der Waals surface area contributed by atoms with Crippen molar-refractivity contribution in [3.63, 3.8) is 0 Å². The highest BCUT2D eigenvalue weighted by Crippen LogP contribution is 2.20. The summed E-state index contributed by atoms with van der Waals surface area (Å²) in [5.41, 5.74) is -0.818. The van der Waals surface area contributed by atoms with Gasteiger partial charge in [0.25, 0.3) is 0 Å². The number of alkyl halides is 1. The summed E-state index contributed by atoms with van der Waals surface area (Å²) in [6, 6.07) is 2.63. The molecule has 8 heteroatoms. The van der Waals surface area contributed by atoms with Crippen LogP contribution in [0.2, 0.25) is 0 Å². The summed E-state index contributed by atoms with van der Waals surface area (Å²) >= 11 is 0. The van der Waals surface area contributed by atoms with Crippen molar-refractivity contribution in [2.45, 2.75) is 6.30 Å². The Labute approximate surface area is 118 Å². The molecule has 0 aliphatic heterocycles. The molecule has 0 spiro atoms. The van der Waals surface area contributed by atoms with Crippen LogP contribution in [0.15, 0.2) is 48.7 Å². The van der Waals surface area contributed by atoms with Crippen molar-refractivity contribution in [1.82, 2.24) is 14.8 Å². The van der Waals surface area contributed by atoms with Crippen LogP contribution in [0.5, 0.6) is 0 Å². The van der Waals surface area contributed by atoms with Crippen LogP contribution < -0.4 is 0 Å². The van der Waals surface area contributed by atoms with Crippen LogP contribution in [0.25, 0.3) is 0 Å². The van der Waals surface area contributed by atoms with Crippen molar-refractivity contribution in [3.05, 3.63) is 60.7 Å². The lowest BCUT2D eigenvalue weighted by molar-refractivity contribution is 0.168. The second-order valence-corrected chi connectivity index (χ2v) is 3.90. The summed E-state index contributed by atoms with van der Waals surface area (Å²) in [5.74, 6) is -1.56. The molecule has 2 aromatic rings. The van der Waals surface area contributed by atoms with Gasteiger partial charge in [0.1, 0.15) is 36.6 Å². The van der Waals surface area contributed by atoms with Gasteiger partial charge in [0.15, 0.2) is 0 Å². The minimum Gasteiger partial charge on any atom is -0.391 e. The van der Waals surface area contributed by atoms with E-state index in [0.29, 0.717) is 0 Å². The van der Waals surface area contributed by atoms with E-state index in [2.05, 4.69) is 21.8 Å². The largest absolute Gasteiger partial charge is 0.391 e. The molecule has 0 radical (unpaired) electrons. The van der Waals surface area contributed by atoms with Gasteiger partial charge >= 0.3 is 0 Å². The number of rotatable bonds is 6. The van der Waals surface area contributed by atoms with E-state index in [1.54, 1.807) is 0 Å². The molecule has 0 aliphatic rings. The van der Waals surface area contributed by atoms with Crippen molar-refractivity contribution in [2.24, 2.45) is 5.16 Å². The van der Waals surface area contributed by atoms with Gasteiger partial charge in [-0.2, -0.15) is 5.10 Å². The highest BCUT2D eigenvalue weighted by Gasteiger charge is 2.24. The second kappa shape index (κ2) is 6.69. The molecule has 0 fully saturated rings. The number of oxime groups is 1. The van der Waals surface area contributed by atoms with Crippen molar-refractivity contribution in [1.29, 1.82) is 0 Å². The fraction of sp³-hybridized carbons (Fsp3) is 0.154. The molecule has 0 aliphatic carbocycles. The molecule has 1 unspecified atom stereocenters. The molecule has 0 N–H and O–H groups in total. The molecule has 1 aromatic carbocycles. The van der Waals surface area contributed by atoms with Crippen molar-refractivity contribution in [3.8, 4) is 0 Å². The first-order valence-electron chi connectivity index (χ1n) is 5.88. The van der Waals surface area contributed by atoms with E-state index in [1.807, 2.05) is 0 Å². The van der Waals surface area contributed by atoms with Crippen LogP contribution >= 0.6 is 0 Å². The number of hydrogen-bond acceptors (Lipinski definition) is 4. The number of benzene rings is 1. The highest BCUT2D eigenvalue weighted by atomic mass is 19.1. The van der Waals surface area contributed by atoms with Crippen molar-refractivity contribution in [2.75, 3.05) is 6.61 Å². The van der Waals surface area contributed by atoms with E-state index in [-0.39, 0.29) is 12.2 Å². The third-order valence-corrected chi connectivity index (χ3v) is 2.45. The van der Waals surface area contributed by atoms with Gasteiger partial charge in [-0.25, -0.2) is 22.8 Å². The average Bonchev–Trinajstić information content (AvgIpc) is 3.00. The molecule has 21 heavy (non-hydrogen) atoms. The third kappa shape index (κ3) is 3.47. The van der Waals surface area contributed by atoms with Gasteiger partial charge in [-0.05, 0) is 18.2 Å². The zero-order valence-electron chi connectivity index (χ0n) is 10.8. The van der Waals surface area contributed by atoms with E-state index >= 15 is 0 Å². The topological polar surface area (TPSA) is 52.3 Å². The van der Waals surface area contributed by atoms with Gasteiger partial charge < -0.3 is 4.84 Å². The maximum Gasteiger partial charge on any atom is 0.239 e. The second-order valence-electron chi connectivity index (χ2n) is 3.90. The summed E-state index contributed by atoms with van der Waals surface area (Å²) in [4.78, 5) is 8.38. The van der Waals surface area contributed by atoms with Crippen LogP contribution in [-0.2, 0) is 4.84 Å². The van der Waals surface area contributed by atoms with Crippen LogP contribution in [0.4, 0.5) is 13.2 Å². The predicted molar refractivity (Wildman–Crippen MR) is 69.2 cm³/mol. The lowest BCUT2D eigenvalue weighted by Gasteiger charge is -2.12. The lowest BCUT2D eigenvalue weighted by atomic mass is 10.1. The fourth-order valence-corrected chi connectivity index (χ4v) is 1.53. The van der Waals surface area contributed by atoms with Gasteiger partial charge in [0, 0.05) is 5.56 Å². The Morgan fingerprint density at radius 2 is 2.29 bits per heavy atom. The molecule has 1 atom stereocenters. The standard InChI is InChI=1S/C13H11F3N4O/c1-2-5-21-19-12(13(16)20-8-17-7-18-20)10-6-9(14)3-4-11(10)15/h2-4,6-8,13H,1,5H2. The van der Waals surface area contributed by atoms with E-state index in [4.69, 9.17) is 4.84 Å². The van der Waals surface area contributed by atoms with Crippen LogP contribution in [0.1, 0.15) is 11.9 Å². The molecular weight excluding hydrogens is 285 g/mol. The molecular formula is C13H11F3N4O. The van der Waals surface area contributed by atoms with Crippen LogP contribution in [0, 0.1) is 11.6 Å². The summed E-state index contributed by atoms with van der Waals surface area (Å²) in [6.45, 7) is 3.40. The SMILES string of the molecule is C=CCON=C(c1cc(F)ccc1F)C(F)n1cncn1. The van der Waals surface area contributed by atoms with Crippen molar-refractivity contribution < 1.29 is 18.0 Å². The van der Waals surface area contributed by atoms with E-state index in [9.17, 15) is 13.2 Å². The highest BCUT2D eigenvalue weighted by molar-refractivity contribution is 6.02. The maximum absolute atomic E-state index is 14.4. The molecule has 1 heterocycles. The number of aromatic nitrogens is 3. The van der Waals surface area contributed by atoms with Gasteiger partial charge in [0.05, 0.1) is 0 Å². The van der Waals surface area contributed by atoms with Crippen molar-refractivity contribution >= 4 is 5.71 Å². The minimum atomic E-state index is -1.98. The Kier molecular flexibility index (Phi) is 4.70. The predicted octanol–water partition coefficient (Wildman–Crippen LogP) is 2.63. The zero-order chi connectivity index (χ0) is 15.2.